The molecule has 0 atom stereocenters. The van der Waals surface area contributed by atoms with Crippen molar-refractivity contribution in [2.75, 3.05) is 0 Å². The molecule has 0 aliphatic carbocycles. The third-order valence-corrected chi connectivity index (χ3v) is 3.25. The minimum absolute atomic E-state index is 0.275. The number of ketones is 1. The van der Waals surface area contributed by atoms with Gasteiger partial charge in [-0.1, -0.05) is 23.2 Å². The van der Waals surface area contributed by atoms with Gasteiger partial charge in [0.1, 0.15) is 5.69 Å². The molecule has 1 aromatic carbocycles. The number of carbonyl (C=O) groups is 1. The van der Waals surface area contributed by atoms with E-state index in [1.807, 2.05) is 0 Å². The van der Waals surface area contributed by atoms with Crippen LogP contribution in [0, 0.1) is 0 Å². The Morgan fingerprint density at radius 1 is 1.04 bits per heavy atom. The molecule has 0 fully saturated rings. The lowest BCUT2D eigenvalue weighted by molar-refractivity contribution is -0.137. The van der Waals surface area contributed by atoms with Gasteiger partial charge in [-0.05, 0) is 12.1 Å². The van der Waals surface area contributed by atoms with Gasteiger partial charge in [-0.2, -0.15) is 31.4 Å². The standard InChI is InChI=1S/C12H4Cl2F6N2O/c13-7-1-6(11(15,16)17)2-8(14)9(7)22-4-5(3-21-22)10(23)12(18,19)20/h1-4H. The summed E-state index contributed by atoms with van der Waals surface area (Å²) < 4.78 is 75.5. The van der Waals surface area contributed by atoms with E-state index < -0.39 is 39.3 Å². The lowest BCUT2D eigenvalue weighted by atomic mass is 10.2. The molecule has 0 radical (unpaired) electrons. The van der Waals surface area contributed by atoms with E-state index in [9.17, 15) is 31.1 Å². The molecule has 0 bridgehead atoms. The summed E-state index contributed by atoms with van der Waals surface area (Å²) in [5, 5.41) is 2.51. The van der Waals surface area contributed by atoms with E-state index in [2.05, 4.69) is 5.10 Å². The number of nitrogens with zero attached hydrogens (tertiary/aromatic N) is 2. The molecule has 23 heavy (non-hydrogen) atoms. The second kappa shape index (κ2) is 5.72. The molecular weight excluding hydrogens is 373 g/mol. The van der Waals surface area contributed by atoms with Gasteiger partial charge in [-0.3, -0.25) is 4.79 Å². The summed E-state index contributed by atoms with van der Waals surface area (Å²) in [4.78, 5) is 11.1. The van der Waals surface area contributed by atoms with Crippen LogP contribution in [0.4, 0.5) is 26.3 Å². The molecular formula is C12H4Cl2F6N2O. The fourth-order valence-electron chi connectivity index (χ4n) is 1.67. The summed E-state index contributed by atoms with van der Waals surface area (Å²) in [5.41, 5.74) is -2.21. The molecule has 0 spiro atoms. The van der Waals surface area contributed by atoms with Crippen molar-refractivity contribution in [2.24, 2.45) is 0 Å². The maximum absolute atomic E-state index is 12.6. The summed E-state index contributed by atoms with van der Waals surface area (Å²) in [5.74, 6) is -2.15. The monoisotopic (exact) mass is 376 g/mol. The fourth-order valence-corrected chi connectivity index (χ4v) is 2.33. The van der Waals surface area contributed by atoms with Crippen LogP contribution in [0.1, 0.15) is 15.9 Å². The molecule has 0 aliphatic rings. The Kier molecular flexibility index (Phi) is 4.38. The van der Waals surface area contributed by atoms with E-state index in [-0.39, 0.29) is 5.69 Å². The van der Waals surface area contributed by atoms with Gasteiger partial charge in [0.15, 0.2) is 0 Å². The minimum Gasteiger partial charge on any atom is -0.284 e. The van der Waals surface area contributed by atoms with Gasteiger partial charge in [-0.25, -0.2) is 4.68 Å². The lowest BCUT2D eigenvalue weighted by Gasteiger charge is -2.12. The van der Waals surface area contributed by atoms with Crippen molar-refractivity contribution >= 4 is 29.0 Å². The number of rotatable bonds is 2. The average Bonchev–Trinajstić information content (AvgIpc) is 2.84. The highest BCUT2D eigenvalue weighted by Gasteiger charge is 2.40. The lowest BCUT2D eigenvalue weighted by Crippen LogP contribution is -2.22. The van der Waals surface area contributed by atoms with Crippen LogP contribution in [-0.4, -0.2) is 21.7 Å². The maximum atomic E-state index is 12.6. The molecule has 11 heteroatoms. The Hall–Kier alpha value is -1.74. The van der Waals surface area contributed by atoms with Crippen molar-refractivity contribution in [3.05, 3.63) is 45.7 Å². The SMILES string of the molecule is O=C(c1cnn(-c2c(Cl)cc(C(F)(F)F)cc2Cl)c1)C(F)(F)F. The molecule has 2 rings (SSSR count). The molecule has 0 amide bonds. The van der Waals surface area contributed by atoms with Gasteiger partial charge in [0.2, 0.25) is 0 Å². The van der Waals surface area contributed by atoms with Crippen molar-refractivity contribution in [1.29, 1.82) is 0 Å². The molecule has 124 valence electrons. The van der Waals surface area contributed by atoms with Crippen molar-refractivity contribution in [1.82, 2.24) is 9.78 Å². The zero-order valence-electron chi connectivity index (χ0n) is 10.6. The summed E-state index contributed by atoms with van der Waals surface area (Å²) in [6, 6.07) is 1.10. The number of hydrogen-bond acceptors (Lipinski definition) is 2. The van der Waals surface area contributed by atoms with Crippen LogP contribution in [0.25, 0.3) is 5.69 Å². The van der Waals surface area contributed by atoms with Gasteiger partial charge in [0.05, 0.1) is 27.4 Å². The van der Waals surface area contributed by atoms with E-state index in [0.717, 1.165) is 0 Å². The molecule has 3 nitrogen and oxygen atoms in total. The number of aromatic nitrogens is 2. The second-order valence-electron chi connectivity index (χ2n) is 4.29. The normalized spacial score (nSPS) is 12.5. The van der Waals surface area contributed by atoms with Gasteiger partial charge in [0.25, 0.3) is 5.78 Å². The van der Waals surface area contributed by atoms with Crippen LogP contribution in [0.3, 0.4) is 0 Å². The summed E-state index contributed by atoms with van der Waals surface area (Å²) in [6.45, 7) is 0. The molecule has 1 heterocycles. The highest BCUT2D eigenvalue weighted by Crippen LogP contribution is 2.37. The molecule has 0 saturated carbocycles. The predicted molar refractivity (Wildman–Crippen MR) is 69.0 cm³/mol. The van der Waals surface area contributed by atoms with Crippen molar-refractivity contribution in [3.63, 3.8) is 0 Å². The summed E-state index contributed by atoms with van der Waals surface area (Å²) in [6.07, 6.45) is -8.52. The molecule has 0 saturated heterocycles. The topological polar surface area (TPSA) is 34.9 Å². The Balaban J connectivity index is 2.49. The largest absolute Gasteiger partial charge is 0.454 e. The first-order chi connectivity index (χ1) is 10.4. The van der Waals surface area contributed by atoms with Gasteiger partial charge in [0, 0.05) is 6.20 Å². The third-order valence-electron chi connectivity index (χ3n) is 2.68. The quantitative estimate of drug-likeness (QED) is 0.549. The van der Waals surface area contributed by atoms with Crippen LogP contribution in [0.2, 0.25) is 10.0 Å². The number of Topliss-reactive ketones (excluding diaryl/α,β-unsaturated/α-hetero) is 1. The maximum Gasteiger partial charge on any atom is 0.454 e. The van der Waals surface area contributed by atoms with Gasteiger partial charge in [-0.15, -0.1) is 0 Å². The Morgan fingerprint density at radius 3 is 2.00 bits per heavy atom. The van der Waals surface area contributed by atoms with Crippen molar-refractivity contribution in [2.45, 2.75) is 12.4 Å². The molecule has 0 unspecified atom stereocenters. The minimum atomic E-state index is -5.11. The first-order valence-corrected chi connectivity index (χ1v) is 6.39. The van der Waals surface area contributed by atoms with Crippen molar-refractivity contribution < 1.29 is 31.1 Å². The third kappa shape index (κ3) is 3.61. The Morgan fingerprint density at radius 2 is 1.57 bits per heavy atom. The number of carbonyl (C=O) groups excluding carboxylic acids is 1. The number of alkyl halides is 6. The number of halogens is 8. The van der Waals surface area contributed by atoms with E-state index in [1.165, 1.54) is 0 Å². The smallest absolute Gasteiger partial charge is 0.284 e. The number of hydrogen-bond donors (Lipinski definition) is 0. The summed E-state index contributed by atoms with van der Waals surface area (Å²) >= 11 is 11.4. The molecule has 0 N–H and O–H groups in total. The highest BCUT2D eigenvalue weighted by atomic mass is 35.5. The van der Waals surface area contributed by atoms with Crippen LogP contribution >= 0.6 is 23.2 Å². The van der Waals surface area contributed by atoms with Gasteiger partial charge >= 0.3 is 12.4 Å². The van der Waals surface area contributed by atoms with E-state index in [0.29, 0.717) is 29.2 Å². The van der Waals surface area contributed by atoms with Crippen LogP contribution in [0.15, 0.2) is 24.5 Å². The second-order valence-corrected chi connectivity index (χ2v) is 5.10. The van der Waals surface area contributed by atoms with E-state index >= 15 is 0 Å². The Bertz CT molecular complexity index is 743. The van der Waals surface area contributed by atoms with E-state index in [1.54, 1.807) is 0 Å². The summed E-state index contributed by atoms with van der Waals surface area (Å²) in [7, 11) is 0. The zero-order chi connectivity index (χ0) is 17.6. The first-order valence-electron chi connectivity index (χ1n) is 5.64. The highest BCUT2D eigenvalue weighted by molar-refractivity contribution is 6.37. The van der Waals surface area contributed by atoms with Crippen molar-refractivity contribution in [3.8, 4) is 5.69 Å². The average molecular weight is 377 g/mol. The Labute approximate surface area is 134 Å². The predicted octanol–water partition coefficient (Wildman–Crippen LogP) is 4.94. The first kappa shape index (κ1) is 17.6. The fraction of sp³-hybridized carbons (Fsp3) is 0.167. The molecule has 0 aliphatic heterocycles. The molecule has 2 aromatic rings. The van der Waals surface area contributed by atoms with Crippen LogP contribution in [-0.2, 0) is 6.18 Å². The number of benzene rings is 1. The van der Waals surface area contributed by atoms with E-state index in [4.69, 9.17) is 23.2 Å². The van der Waals surface area contributed by atoms with Crippen LogP contribution in [0.5, 0.6) is 0 Å². The van der Waals surface area contributed by atoms with Gasteiger partial charge < -0.3 is 0 Å². The van der Waals surface area contributed by atoms with Crippen LogP contribution < -0.4 is 0 Å². The molecule has 1 aromatic heterocycles. The zero-order valence-corrected chi connectivity index (χ0v) is 12.1.